The predicted octanol–water partition coefficient (Wildman–Crippen LogP) is 5.78. The zero-order valence-electron chi connectivity index (χ0n) is 21.1. The van der Waals surface area contributed by atoms with Gasteiger partial charge in [-0.2, -0.15) is 0 Å². The highest BCUT2D eigenvalue weighted by Gasteiger charge is 2.61. The van der Waals surface area contributed by atoms with Crippen molar-refractivity contribution in [3.05, 3.63) is 135 Å². The molecule has 7 heteroatoms. The number of ether oxygens (including phenoxy) is 1. The van der Waals surface area contributed by atoms with E-state index in [-0.39, 0.29) is 35.0 Å². The molecule has 1 saturated heterocycles. The quantitative estimate of drug-likeness (QED) is 0.180. The Bertz CT molecular complexity index is 1610. The summed E-state index contributed by atoms with van der Waals surface area (Å²) in [5.74, 6) is -3.09. The van der Waals surface area contributed by atoms with Gasteiger partial charge in [-0.25, -0.2) is 9.69 Å². The number of hydrogen-bond acceptors (Lipinski definition) is 5. The third-order valence-corrected chi connectivity index (χ3v) is 8.54. The first kappa shape index (κ1) is 24.5. The number of imide groups is 1. The molecule has 6 nitrogen and oxygen atoms in total. The molecule has 3 aliphatic carbocycles. The zero-order chi connectivity index (χ0) is 27.5. The minimum absolute atomic E-state index is 0.145. The predicted molar refractivity (Wildman–Crippen MR) is 149 cm³/mol. The van der Waals surface area contributed by atoms with Crippen LogP contribution in [0, 0.1) is 11.8 Å². The Balaban J connectivity index is 1.17. The normalized spacial score (nSPS) is 22.0. The van der Waals surface area contributed by atoms with E-state index in [1.165, 1.54) is 17.0 Å². The number of rotatable bonds is 5. The third kappa shape index (κ3) is 3.63. The number of nitrogens with zero attached hydrogens (tertiary/aromatic N) is 1. The summed E-state index contributed by atoms with van der Waals surface area (Å²) in [5, 5.41) is 0.497. The van der Waals surface area contributed by atoms with Crippen LogP contribution in [0.1, 0.15) is 54.8 Å². The molecule has 40 heavy (non-hydrogen) atoms. The van der Waals surface area contributed by atoms with E-state index in [1.54, 1.807) is 36.4 Å². The molecular formula is C33H22ClNO5. The summed E-state index contributed by atoms with van der Waals surface area (Å²) >= 11 is 5.87. The van der Waals surface area contributed by atoms with Gasteiger partial charge in [-0.3, -0.25) is 14.4 Å². The Hall–Kier alpha value is -4.55. The molecule has 2 bridgehead atoms. The van der Waals surface area contributed by atoms with Gasteiger partial charge in [0.05, 0.1) is 23.1 Å². The van der Waals surface area contributed by atoms with Gasteiger partial charge in [-0.05, 0) is 64.7 Å². The number of ketones is 1. The van der Waals surface area contributed by atoms with Gasteiger partial charge in [0, 0.05) is 22.4 Å². The second-order valence-corrected chi connectivity index (χ2v) is 10.8. The number of carbonyl (C=O) groups is 4. The fourth-order valence-electron chi connectivity index (χ4n) is 6.64. The number of amides is 2. The van der Waals surface area contributed by atoms with Crippen molar-refractivity contribution in [1.29, 1.82) is 0 Å². The van der Waals surface area contributed by atoms with Crippen molar-refractivity contribution in [2.45, 2.75) is 11.8 Å². The highest BCUT2D eigenvalue weighted by atomic mass is 35.5. The van der Waals surface area contributed by atoms with Gasteiger partial charge in [0.15, 0.2) is 12.4 Å². The molecule has 1 aliphatic heterocycles. The van der Waals surface area contributed by atoms with Crippen LogP contribution in [-0.4, -0.2) is 30.2 Å². The van der Waals surface area contributed by atoms with Crippen LogP contribution >= 0.6 is 11.6 Å². The van der Waals surface area contributed by atoms with E-state index >= 15 is 0 Å². The molecule has 2 amide bonds. The number of benzene rings is 4. The number of Topliss-reactive ketones (excluding diaryl/α,β-unsaturated/α-hetero) is 1. The highest BCUT2D eigenvalue weighted by Crippen LogP contribution is 2.61. The van der Waals surface area contributed by atoms with E-state index in [4.69, 9.17) is 16.3 Å². The maximum Gasteiger partial charge on any atom is 0.338 e. The van der Waals surface area contributed by atoms with Crippen LogP contribution in [0.2, 0.25) is 5.02 Å². The second kappa shape index (κ2) is 9.28. The summed E-state index contributed by atoms with van der Waals surface area (Å²) in [5.41, 5.74) is 5.22. The standard InChI is InChI=1S/C33H22ClNO5/c34-20-14-12-18(13-15-20)26(36)17-40-33(39)19-6-5-7-21(16-19)35-31(37)29-27-22-8-1-2-9-23(22)28(30(29)32(35)38)25-11-4-3-10-24(25)27/h1-16,27-30H,17H2. The molecular weight excluding hydrogens is 526 g/mol. The minimum atomic E-state index is -0.722. The zero-order valence-corrected chi connectivity index (χ0v) is 21.9. The molecule has 8 rings (SSSR count). The first-order chi connectivity index (χ1) is 19.4. The number of halogens is 1. The van der Waals surface area contributed by atoms with E-state index in [0.29, 0.717) is 16.3 Å². The Morgan fingerprint density at radius 3 is 1.73 bits per heavy atom. The van der Waals surface area contributed by atoms with Crippen molar-refractivity contribution < 1.29 is 23.9 Å². The molecule has 4 aromatic rings. The van der Waals surface area contributed by atoms with Crippen LogP contribution in [0.5, 0.6) is 0 Å². The van der Waals surface area contributed by atoms with E-state index in [2.05, 4.69) is 24.3 Å². The molecule has 4 aliphatic rings. The Kier molecular flexibility index (Phi) is 5.68. The van der Waals surface area contributed by atoms with E-state index < -0.39 is 24.4 Å². The molecule has 0 aromatic heterocycles. The van der Waals surface area contributed by atoms with Gasteiger partial charge in [-0.15, -0.1) is 0 Å². The lowest BCUT2D eigenvalue weighted by Crippen LogP contribution is -2.41. The lowest BCUT2D eigenvalue weighted by Gasteiger charge is -2.45. The van der Waals surface area contributed by atoms with Gasteiger partial charge in [0.2, 0.25) is 11.8 Å². The molecule has 196 valence electrons. The van der Waals surface area contributed by atoms with E-state index in [0.717, 1.165) is 22.3 Å². The Morgan fingerprint density at radius 1 is 0.675 bits per heavy atom. The monoisotopic (exact) mass is 547 g/mol. The summed E-state index contributed by atoms with van der Waals surface area (Å²) in [4.78, 5) is 54.4. The first-order valence-electron chi connectivity index (χ1n) is 13.1. The fourth-order valence-corrected chi connectivity index (χ4v) is 6.76. The third-order valence-electron chi connectivity index (χ3n) is 8.29. The van der Waals surface area contributed by atoms with Crippen molar-refractivity contribution >= 4 is 40.9 Å². The molecule has 2 atom stereocenters. The maximum absolute atomic E-state index is 14.0. The van der Waals surface area contributed by atoms with E-state index in [1.807, 2.05) is 24.3 Å². The van der Waals surface area contributed by atoms with Crippen LogP contribution in [0.25, 0.3) is 0 Å². The van der Waals surface area contributed by atoms with Crippen molar-refractivity contribution in [2.75, 3.05) is 11.5 Å². The topological polar surface area (TPSA) is 80.8 Å². The molecule has 0 spiro atoms. The summed E-state index contributed by atoms with van der Waals surface area (Å²) in [6.45, 7) is -0.448. The van der Waals surface area contributed by atoms with E-state index in [9.17, 15) is 19.2 Å². The highest BCUT2D eigenvalue weighted by molar-refractivity contribution is 6.30. The average Bonchev–Trinajstić information content (AvgIpc) is 3.26. The lowest BCUT2D eigenvalue weighted by molar-refractivity contribution is -0.122. The summed E-state index contributed by atoms with van der Waals surface area (Å²) < 4.78 is 5.26. The SMILES string of the molecule is O=C(COC(=O)c1cccc(N2C(=O)C3C4c5ccccc5C(c5ccccc54)C3C2=O)c1)c1ccc(Cl)cc1. The maximum atomic E-state index is 14.0. The fraction of sp³-hybridized carbons (Fsp3) is 0.152. The minimum Gasteiger partial charge on any atom is -0.454 e. The smallest absolute Gasteiger partial charge is 0.338 e. The summed E-state index contributed by atoms with van der Waals surface area (Å²) in [6.07, 6.45) is 0. The van der Waals surface area contributed by atoms with Crippen LogP contribution in [0.3, 0.4) is 0 Å². The second-order valence-electron chi connectivity index (χ2n) is 10.3. The largest absolute Gasteiger partial charge is 0.454 e. The lowest BCUT2D eigenvalue weighted by atomic mass is 9.55. The first-order valence-corrected chi connectivity index (χ1v) is 13.4. The number of anilines is 1. The van der Waals surface area contributed by atoms with Crippen LogP contribution in [0.15, 0.2) is 97.1 Å². The van der Waals surface area contributed by atoms with Gasteiger partial charge in [0.1, 0.15) is 0 Å². The van der Waals surface area contributed by atoms with Crippen molar-refractivity contribution in [3.63, 3.8) is 0 Å². The molecule has 0 radical (unpaired) electrons. The number of esters is 1. The van der Waals surface area contributed by atoms with Crippen molar-refractivity contribution in [3.8, 4) is 0 Å². The molecule has 0 N–H and O–H groups in total. The van der Waals surface area contributed by atoms with Crippen LogP contribution < -0.4 is 4.90 Å². The molecule has 2 unspecified atom stereocenters. The number of carbonyl (C=O) groups excluding carboxylic acids is 4. The van der Waals surface area contributed by atoms with Crippen molar-refractivity contribution in [2.24, 2.45) is 11.8 Å². The Morgan fingerprint density at radius 2 is 1.20 bits per heavy atom. The van der Waals surface area contributed by atoms with Gasteiger partial charge in [-0.1, -0.05) is 66.2 Å². The number of hydrogen-bond donors (Lipinski definition) is 0. The molecule has 1 heterocycles. The van der Waals surface area contributed by atoms with Crippen LogP contribution in [-0.2, 0) is 14.3 Å². The Labute approximate surface area is 235 Å². The van der Waals surface area contributed by atoms with Crippen LogP contribution in [0.4, 0.5) is 5.69 Å². The average molecular weight is 548 g/mol. The molecule has 0 saturated carbocycles. The molecule has 1 fully saturated rings. The van der Waals surface area contributed by atoms with Crippen molar-refractivity contribution in [1.82, 2.24) is 0 Å². The molecule has 4 aromatic carbocycles. The van der Waals surface area contributed by atoms with Gasteiger partial charge >= 0.3 is 5.97 Å². The summed E-state index contributed by atoms with van der Waals surface area (Å²) in [6, 6.07) is 28.7. The van der Waals surface area contributed by atoms with Gasteiger partial charge < -0.3 is 4.74 Å². The summed E-state index contributed by atoms with van der Waals surface area (Å²) in [7, 11) is 0. The van der Waals surface area contributed by atoms with Gasteiger partial charge in [0.25, 0.3) is 0 Å².